The number of alkyl halides is 6. The number of aliphatic hydroxyl groups is 1. The Labute approximate surface area is 261 Å². The van der Waals surface area contributed by atoms with Crippen LogP contribution >= 0.6 is 11.8 Å². The number of aromatic nitrogens is 1. The monoisotopic (exact) mass is 798 g/mol. The molecule has 5 nitrogen and oxygen atoms in total. The number of para-hydroxylation sites is 1. The van der Waals surface area contributed by atoms with Crippen molar-refractivity contribution in [2.24, 2.45) is 0 Å². The molecule has 0 aliphatic rings. The van der Waals surface area contributed by atoms with Gasteiger partial charge in [-0.1, -0.05) is 53.4 Å². The number of ether oxygens (including phenoxy) is 1. The molecular formula is C30H23F6IrN2O3S-. The first kappa shape index (κ1) is 35.6. The average molecular weight is 798 g/mol. The number of nitrogens with zero attached hydrogens (tertiary/aromatic N) is 1. The molecule has 4 rings (SSSR count). The number of halogens is 6. The van der Waals surface area contributed by atoms with Crippen LogP contribution in [0.15, 0.2) is 113 Å². The number of ketones is 1. The van der Waals surface area contributed by atoms with Gasteiger partial charge in [0, 0.05) is 49.6 Å². The summed E-state index contributed by atoms with van der Waals surface area (Å²) in [5, 5.41) is 11.1. The molecule has 3 aromatic carbocycles. The fourth-order valence-corrected chi connectivity index (χ4v) is 4.24. The van der Waals surface area contributed by atoms with Gasteiger partial charge < -0.3 is 20.1 Å². The standard InChI is InChI=1S/C25H21N2OS.C5H2F6O2.Ir/c1-26-18-19-14-15-27-24(16-19)23-13-12-21(28-20-8-4-2-5-9-20)17-25(23)29-22-10-6-3-7-11-22;6-4(7,8)2(12)1-3(13)5(9,10)11;/h2-12,14-17,26H,18H2,1H3;1,12H;/q-1;;/b;2-1-;. The molecule has 1 radical (unpaired) electrons. The first-order valence-electron chi connectivity index (χ1n) is 12.1. The van der Waals surface area contributed by atoms with Crippen molar-refractivity contribution in [3.63, 3.8) is 0 Å². The first-order chi connectivity index (χ1) is 19.9. The SMILES string of the molecule is CNCc1ccnc(-c2[c-]cc(Oc3ccccc3)cc2Sc2ccccc2)c1.O=C(/C=C(\O)C(F)(F)F)C(F)(F)F.[Ir]. The Morgan fingerprint density at radius 3 is 2.16 bits per heavy atom. The van der Waals surface area contributed by atoms with E-state index >= 15 is 0 Å². The smallest absolute Gasteiger partial charge is 0.454 e. The topological polar surface area (TPSA) is 71.5 Å². The minimum atomic E-state index is -5.42. The molecule has 0 bridgehead atoms. The second-order valence-corrected chi connectivity index (χ2v) is 9.49. The van der Waals surface area contributed by atoms with Gasteiger partial charge in [0.15, 0.2) is 0 Å². The number of carbonyl (C=O) groups is 1. The molecule has 0 fully saturated rings. The second-order valence-electron chi connectivity index (χ2n) is 8.37. The Balaban J connectivity index is 0.000000394. The quantitative estimate of drug-likeness (QED) is 0.0810. The Hall–Kier alpha value is -3.64. The molecule has 0 aliphatic heterocycles. The molecule has 0 atom stereocenters. The zero-order chi connectivity index (χ0) is 30.8. The number of allylic oxidation sites excluding steroid dienone is 2. The summed E-state index contributed by atoms with van der Waals surface area (Å²) in [5.74, 6) is -3.78. The zero-order valence-electron chi connectivity index (χ0n) is 22.2. The van der Waals surface area contributed by atoms with Gasteiger partial charge >= 0.3 is 12.4 Å². The van der Waals surface area contributed by atoms with Crippen molar-refractivity contribution in [3.8, 4) is 22.8 Å². The predicted molar refractivity (Wildman–Crippen MR) is 146 cm³/mol. The van der Waals surface area contributed by atoms with Gasteiger partial charge in [-0.25, -0.2) is 0 Å². The summed E-state index contributed by atoms with van der Waals surface area (Å²) in [7, 11) is 1.94. The van der Waals surface area contributed by atoms with E-state index < -0.39 is 30.0 Å². The average Bonchev–Trinajstić information content (AvgIpc) is 2.94. The van der Waals surface area contributed by atoms with Crippen molar-refractivity contribution in [2.75, 3.05) is 7.05 Å². The summed E-state index contributed by atoms with van der Waals surface area (Å²) in [6.45, 7) is 0.798. The Kier molecular flexibility index (Phi) is 13.5. The van der Waals surface area contributed by atoms with Gasteiger partial charge in [0.05, 0.1) is 0 Å². The number of nitrogens with one attached hydrogen (secondary N) is 1. The van der Waals surface area contributed by atoms with E-state index in [1.807, 2.05) is 73.9 Å². The normalized spacial score (nSPS) is 11.6. The second kappa shape index (κ2) is 16.3. The molecule has 1 aromatic heterocycles. The van der Waals surface area contributed by atoms with E-state index in [9.17, 15) is 31.1 Å². The molecule has 1 heterocycles. The number of hydrogen-bond acceptors (Lipinski definition) is 6. The van der Waals surface area contributed by atoms with Crippen LogP contribution in [0.1, 0.15) is 5.56 Å². The minimum absolute atomic E-state index is 0. The van der Waals surface area contributed by atoms with Gasteiger partial charge in [-0.2, -0.15) is 26.3 Å². The Morgan fingerprint density at radius 1 is 0.953 bits per heavy atom. The van der Waals surface area contributed by atoms with E-state index in [0.717, 1.165) is 39.1 Å². The van der Waals surface area contributed by atoms with Gasteiger partial charge in [-0.15, -0.1) is 29.5 Å². The van der Waals surface area contributed by atoms with E-state index in [0.29, 0.717) is 0 Å². The van der Waals surface area contributed by atoms with Crippen LogP contribution in [0.2, 0.25) is 0 Å². The van der Waals surface area contributed by atoms with E-state index in [2.05, 4.69) is 40.6 Å². The molecule has 0 amide bonds. The molecule has 0 saturated heterocycles. The summed E-state index contributed by atoms with van der Waals surface area (Å²) >= 11 is 1.69. The summed E-state index contributed by atoms with van der Waals surface area (Å²) in [6, 6.07) is 31.6. The van der Waals surface area contributed by atoms with Gasteiger partial charge in [-0.05, 0) is 48.6 Å². The van der Waals surface area contributed by atoms with Crippen LogP contribution in [0, 0.1) is 6.07 Å². The van der Waals surface area contributed by atoms with Gasteiger partial charge in [0.1, 0.15) is 5.75 Å². The molecule has 43 heavy (non-hydrogen) atoms. The zero-order valence-corrected chi connectivity index (χ0v) is 25.4. The maximum Gasteiger partial charge on any atom is 0.454 e. The molecule has 13 heteroatoms. The number of benzene rings is 3. The molecule has 0 spiro atoms. The van der Waals surface area contributed by atoms with E-state index in [-0.39, 0.29) is 20.1 Å². The summed E-state index contributed by atoms with van der Waals surface area (Å²) in [5.41, 5.74) is 3.06. The van der Waals surface area contributed by atoms with Crippen molar-refractivity contribution in [2.45, 2.75) is 28.7 Å². The van der Waals surface area contributed by atoms with Crippen LogP contribution in [0.5, 0.6) is 11.5 Å². The number of pyridine rings is 1. The third kappa shape index (κ3) is 11.5. The maximum absolute atomic E-state index is 11.4. The number of hydrogen-bond donors (Lipinski definition) is 2. The third-order valence-corrected chi connectivity index (χ3v) is 6.18. The molecule has 4 aromatic rings. The molecule has 2 N–H and O–H groups in total. The van der Waals surface area contributed by atoms with Crippen molar-refractivity contribution in [1.82, 2.24) is 10.3 Å². The summed E-state index contributed by atoms with van der Waals surface area (Å²) < 4.78 is 74.1. The van der Waals surface area contributed by atoms with E-state index in [1.165, 1.54) is 5.56 Å². The van der Waals surface area contributed by atoms with Gasteiger partial charge in [0.2, 0.25) is 5.76 Å². The molecule has 0 saturated carbocycles. The van der Waals surface area contributed by atoms with Crippen LogP contribution in [-0.2, 0) is 31.4 Å². The van der Waals surface area contributed by atoms with Gasteiger partial charge in [-0.3, -0.25) is 4.79 Å². The van der Waals surface area contributed by atoms with Crippen molar-refractivity contribution >= 4 is 17.5 Å². The van der Waals surface area contributed by atoms with Crippen LogP contribution in [0.25, 0.3) is 11.3 Å². The van der Waals surface area contributed by atoms with Crippen molar-refractivity contribution in [1.29, 1.82) is 0 Å². The largest absolute Gasteiger partial charge is 0.504 e. The predicted octanol–water partition coefficient (Wildman–Crippen LogP) is 8.33. The van der Waals surface area contributed by atoms with Crippen LogP contribution < -0.4 is 10.1 Å². The number of aliphatic hydroxyl groups excluding tert-OH is 1. The van der Waals surface area contributed by atoms with Crippen LogP contribution in [-0.4, -0.2) is 35.3 Å². The van der Waals surface area contributed by atoms with Gasteiger partial charge in [0.25, 0.3) is 5.78 Å². The number of carbonyl (C=O) groups excluding carboxylic acids is 1. The fraction of sp³-hybridized carbons (Fsp3) is 0.133. The van der Waals surface area contributed by atoms with E-state index in [1.54, 1.807) is 11.8 Å². The molecule has 0 aliphatic carbocycles. The van der Waals surface area contributed by atoms with Crippen molar-refractivity contribution < 1.29 is 61.1 Å². The Morgan fingerprint density at radius 2 is 1.58 bits per heavy atom. The fourth-order valence-electron chi connectivity index (χ4n) is 3.25. The van der Waals surface area contributed by atoms with Crippen LogP contribution in [0.3, 0.4) is 0 Å². The van der Waals surface area contributed by atoms with Crippen LogP contribution in [0.4, 0.5) is 26.3 Å². The van der Waals surface area contributed by atoms with Crippen molar-refractivity contribution in [3.05, 3.63) is 115 Å². The molecule has 0 unspecified atom stereocenters. The number of rotatable bonds is 8. The van der Waals surface area contributed by atoms with E-state index in [4.69, 9.17) is 9.84 Å². The Bertz CT molecular complexity index is 1500. The summed E-state index contributed by atoms with van der Waals surface area (Å²) in [4.78, 5) is 16.7. The first-order valence-corrected chi connectivity index (χ1v) is 12.9. The minimum Gasteiger partial charge on any atom is -0.504 e. The third-order valence-electron chi connectivity index (χ3n) is 5.13. The summed E-state index contributed by atoms with van der Waals surface area (Å²) in [6.07, 6.45) is -9.83. The molecule has 229 valence electrons. The maximum atomic E-state index is 11.4. The molecular weight excluding hydrogens is 775 g/mol.